The van der Waals surface area contributed by atoms with E-state index in [0.717, 1.165) is 0 Å². The zero-order valence-electron chi connectivity index (χ0n) is 10.3. The number of nitrogens with one attached hydrogen (secondary N) is 1. The molecule has 0 saturated heterocycles. The van der Waals surface area contributed by atoms with E-state index in [-0.39, 0.29) is 12.8 Å². The highest BCUT2D eigenvalue weighted by atomic mass is 32.1. The molecule has 6 N–H and O–H groups in total. The maximum Gasteiger partial charge on any atom is 0.327 e. The third-order valence-corrected chi connectivity index (χ3v) is 2.54. The molecule has 0 spiro atoms. The van der Waals surface area contributed by atoms with E-state index >= 15 is 0 Å². The number of amides is 2. The van der Waals surface area contributed by atoms with Gasteiger partial charge in [-0.1, -0.05) is 0 Å². The van der Waals surface area contributed by atoms with Gasteiger partial charge in [-0.05, 0) is 20.3 Å². The first kappa shape index (κ1) is 16.7. The lowest BCUT2D eigenvalue weighted by atomic mass is 10.0. The average molecular weight is 277 g/mol. The van der Waals surface area contributed by atoms with Crippen LogP contribution in [-0.2, 0) is 14.4 Å². The van der Waals surface area contributed by atoms with Crippen molar-refractivity contribution in [2.45, 2.75) is 43.5 Å². The van der Waals surface area contributed by atoms with E-state index in [1.54, 1.807) is 13.8 Å². The van der Waals surface area contributed by atoms with Gasteiger partial charge in [-0.25, -0.2) is 4.79 Å². The van der Waals surface area contributed by atoms with Gasteiger partial charge >= 0.3 is 5.97 Å². The molecule has 0 saturated carbocycles. The molecule has 8 heteroatoms. The second-order valence-electron chi connectivity index (χ2n) is 4.54. The standard InChI is InChI=1S/C10H19N3O4S/c1-10(2,18)7(9(16)17)13-8(15)5(11)3-4-6(12)14/h5,7,18H,3-4,11H2,1-2H3,(H2,12,14)(H,13,15)(H,16,17)/t5-,7+/m0/s1. The Balaban J connectivity index is 4.52. The summed E-state index contributed by atoms with van der Waals surface area (Å²) in [6, 6.07) is -2.15. The van der Waals surface area contributed by atoms with Gasteiger partial charge in [-0.2, -0.15) is 12.6 Å². The van der Waals surface area contributed by atoms with Crippen LogP contribution < -0.4 is 16.8 Å². The lowest BCUT2D eigenvalue weighted by molar-refractivity contribution is -0.142. The molecule has 2 amide bonds. The third kappa shape index (κ3) is 5.87. The molecule has 0 fully saturated rings. The zero-order chi connectivity index (χ0) is 14.5. The summed E-state index contributed by atoms with van der Waals surface area (Å²) < 4.78 is -0.940. The number of thiol groups is 1. The van der Waals surface area contributed by atoms with E-state index in [1.807, 2.05) is 0 Å². The Morgan fingerprint density at radius 3 is 2.22 bits per heavy atom. The first-order valence-corrected chi connectivity index (χ1v) is 5.80. The average Bonchev–Trinajstić information content (AvgIpc) is 2.19. The first-order chi connectivity index (χ1) is 8.05. The van der Waals surface area contributed by atoms with Crippen molar-refractivity contribution in [2.24, 2.45) is 11.5 Å². The first-order valence-electron chi connectivity index (χ1n) is 5.35. The predicted octanol–water partition coefficient (Wildman–Crippen LogP) is -1.14. The Morgan fingerprint density at radius 2 is 1.89 bits per heavy atom. The number of hydrogen-bond donors (Lipinski definition) is 5. The molecule has 0 unspecified atom stereocenters. The molecule has 0 aliphatic heterocycles. The summed E-state index contributed by atoms with van der Waals surface area (Å²) in [4.78, 5) is 33.2. The van der Waals surface area contributed by atoms with Crippen molar-refractivity contribution in [3.63, 3.8) is 0 Å². The van der Waals surface area contributed by atoms with Crippen LogP contribution >= 0.6 is 12.6 Å². The highest BCUT2D eigenvalue weighted by Gasteiger charge is 2.34. The maximum atomic E-state index is 11.6. The lowest BCUT2D eigenvalue weighted by Crippen LogP contribution is -2.55. The smallest absolute Gasteiger partial charge is 0.327 e. The van der Waals surface area contributed by atoms with Gasteiger partial charge in [0.2, 0.25) is 11.8 Å². The van der Waals surface area contributed by atoms with Gasteiger partial charge in [0, 0.05) is 11.2 Å². The summed E-state index contributed by atoms with van der Waals surface area (Å²) in [6.45, 7) is 3.12. The Hall–Kier alpha value is -1.28. The molecule has 0 aromatic rings. The summed E-state index contributed by atoms with van der Waals surface area (Å²) in [5.41, 5.74) is 10.4. The molecule has 104 valence electrons. The molecule has 0 rings (SSSR count). The van der Waals surface area contributed by atoms with E-state index in [4.69, 9.17) is 16.6 Å². The molecule has 0 heterocycles. The number of carboxylic acid groups (broad SMARTS) is 1. The van der Waals surface area contributed by atoms with Crippen LogP contribution in [0.4, 0.5) is 0 Å². The van der Waals surface area contributed by atoms with Crippen LogP contribution in [0.1, 0.15) is 26.7 Å². The summed E-state index contributed by atoms with van der Waals surface area (Å²) in [6.07, 6.45) is 0.0388. The molecule has 0 radical (unpaired) electrons. The van der Waals surface area contributed by atoms with E-state index in [0.29, 0.717) is 0 Å². The number of carbonyl (C=O) groups excluding carboxylic acids is 2. The van der Waals surface area contributed by atoms with Gasteiger partial charge in [0.25, 0.3) is 0 Å². The van der Waals surface area contributed by atoms with Gasteiger partial charge < -0.3 is 21.9 Å². The van der Waals surface area contributed by atoms with Crippen molar-refractivity contribution in [2.75, 3.05) is 0 Å². The number of carboxylic acids is 1. The van der Waals surface area contributed by atoms with E-state index in [1.165, 1.54) is 0 Å². The number of hydrogen-bond acceptors (Lipinski definition) is 5. The van der Waals surface area contributed by atoms with Gasteiger partial charge in [0.1, 0.15) is 6.04 Å². The van der Waals surface area contributed by atoms with E-state index in [2.05, 4.69) is 17.9 Å². The maximum absolute atomic E-state index is 11.6. The van der Waals surface area contributed by atoms with Crippen molar-refractivity contribution in [1.29, 1.82) is 0 Å². The second-order valence-corrected chi connectivity index (χ2v) is 5.70. The van der Waals surface area contributed by atoms with Crippen LogP contribution in [0, 0.1) is 0 Å². The minimum atomic E-state index is -1.20. The molecular formula is C10H19N3O4S. The number of primary amides is 1. The van der Waals surface area contributed by atoms with Crippen LogP contribution in [0.25, 0.3) is 0 Å². The van der Waals surface area contributed by atoms with Crippen molar-refractivity contribution in [3.05, 3.63) is 0 Å². The third-order valence-electron chi connectivity index (χ3n) is 2.28. The molecule has 0 aliphatic rings. The highest BCUT2D eigenvalue weighted by Crippen LogP contribution is 2.18. The molecule has 0 aromatic heterocycles. The molecule has 0 aromatic carbocycles. The minimum Gasteiger partial charge on any atom is -0.480 e. The van der Waals surface area contributed by atoms with Gasteiger partial charge in [-0.15, -0.1) is 0 Å². The number of rotatable bonds is 7. The molecule has 0 bridgehead atoms. The van der Waals surface area contributed by atoms with Gasteiger partial charge in [0.15, 0.2) is 0 Å². The van der Waals surface area contributed by atoms with Crippen LogP contribution in [0.5, 0.6) is 0 Å². The van der Waals surface area contributed by atoms with Gasteiger partial charge in [-0.3, -0.25) is 9.59 Å². The van der Waals surface area contributed by atoms with Crippen molar-refractivity contribution >= 4 is 30.4 Å². The molecular weight excluding hydrogens is 258 g/mol. The Bertz CT molecular complexity index is 341. The molecule has 18 heavy (non-hydrogen) atoms. The quantitative estimate of drug-likeness (QED) is 0.375. The molecule has 2 atom stereocenters. The SMILES string of the molecule is CC(C)(S)[C@H](NC(=O)[C@@H](N)CCC(N)=O)C(=O)O. The highest BCUT2D eigenvalue weighted by molar-refractivity contribution is 7.81. The normalized spacial score (nSPS) is 14.7. The Morgan fingerprint density at radius 1 is 1.39 bits per heavy atom. The minimum absolute atomic E-state index is 0.0312. The van der Waals surface area contributed by atoms with E-state index < -0.39 is 34.6 Å². The fraction of sp³-hybridized carbons (Fsp3) is 0.700. The summed E-state index contributed by atoms with van der Waals surface area (Å²) >= 11 is 4.11. The summed E-state index contributed by atoms with van der Waals surface area (Å²) in [5, 5.41) is 11.3. The lowest BCUT2D eigenvalue weighted by Gasteiger charge is -2.27. The Kier molecular flexibility index (Phi) is 6.13. The largest absolute Gasteiger partial charge is 0.480 e. The fourth-order valence-electron chi connectivity index (χ4n) is 1.22. The second kappa shape index (κ2) is 6.60. The number of nitrogens with two attached hydrogens (primary N) is 2. The molecule has 7 nitrogen and oxygen atoms in total. The van der Waals surface area contributed by atoms with Crippen LogP contribution in [0.15, 0.2) is 0 Å². The van der Waals surface area contributed by atoms with Crippen molar-refractivity contribution < 1.29 is 19.5 Å². The topological polar surface area (TPSA) is 136 Å². The van der Waals surface area contributed by atoms with E-state index in [9.17, 15) is 14.4 Å². The zero-order valence-corrected chi connectivity index (χ0v) is 11.2. The Labute approximate surface area is 111 Å². The van der Waals surface area contributed by atoms with Crippen LogP contribution in [-0.4, -0.2) is 39.7 Å². The summed E-state index contributed by atoms with van der Waals surface area (Å²) in [5.74, 6) is -2.42. The van der Waals surface area contributed by atoms with Crippen molar-refractivity contribution in [3.8, 4) is 0 Å². The fourth-order valence-corrected chi connectivity index (χ4v) is 1.39. The summed E-state index contributed by atoms with van der Waals surface area (Å²) in [7, 11) is 0. The van der Waals surface area contributed by atoms with Crippen LogP contribution in [0.2, 0.25) is 0 Å². The monoisotopic (exact) mass is 277 g/mol. The molecule has 0 aliphatic carbocycles. The van der Waals surface area contributed by atoms with Crippen molar-refractivity contribution in [1.82, 2.24) is 5.32 Å². The predicted molar refractivity (Wildman–Crippen MR) is 69.0 cm³/mol. The van der Waals surface area contributed by atoms with Gasteiger partial charge in [0.05, 0.1) is 6.04 Å². The number of carbonyl (C=O) groups is 3. The number of aliphatic carboxylic acids is 1. The van der Waals surface area contributed by atoms with Crippen LogP contribution in [0.3, 0.4) is 0 Å².